The number of aromatic amines is 1. The molecule has 0 bridgehead atoms. The zero-order chi connectivity index (χ0) is 11.0. The van der Waals surface area contributed by atoms with Crippen LogP contribution in [0.2, 0.25) is 0 Å². The van der Waals surface area contributed by atoms with Crippen LogP contribution in [0.3, 0.4) is 0 Å². The molecule has 0 aliphatic heterocycles. The van der Waals surface area contributed by atoms with Crippen LogP contribution in [0.15, 0.2) is 18.2 Å². The van der Waals surface area contributed by atoms with Gasteiger partial charge in [0.2, 0.25) is 4.77 Å². The Morgan fingerprint density at radius 2 is 2.20 bits per heavy atom. The maximum Gasteiger partial charge on any atom is 0.216 e. The van der Waals surface area contributed by atoms with Crippen LogP contribution in [0.1, 0.15) is 5.56 Å². The van der Waals surface area contributed by atoms with Crippen molar-refractivity contribution in [2.45, 2.75) is 6.92 Å². The van der Waals surface area contributed by atoms with Gasteiger partial charge >= 0.3 is 0 Å². The largest absolute Gasteiger partial charge is 0.507 e. The molecule has 78 valence electrons. The number of rotatable bonds is 1. The SMILES string of the molecule is Cc1ccc(O)c(-c2nc(=S)n(C)[nH]2)c1. The van der Waals surface area contributed by atoms with Gasteiger partial charge in [-0.25, -0.2) is 0 Å². The van der Waals surface area contributed by atoms with E-state index in [4.69, 9.17) is 12.2 Å². The van der Waals surface area contributed by atoms with Gasteiger partial charge in [-0.05, 0) is 31.3 Å². The smallest absolute Gasteiger partial charge is 0.216 e. The summed E-state index contributed by atoms with van der Waals surface area (Å²) in [5, 5.41) is 12.7. The third kappa shape index (κ3) is 1.78. The van der Waals surface area contributed by atoms with Gasteiger partial charge in [0.15, 0.2) is 5.82 Å². The second kappa shape index (κ2) is 3.51. The lowest BCUT2D eigenvalue weighted by atomic mass is 10.1. The minimum atomic E-state index is 0.199. The molecule has 1 heterocycles. The molecule has 0 fully saturated rings. The van der Waals surface area contributed by atoms with Crippen LogP contribution in [0.25, 0.3) is 11.4 Å². The molecule has 0 aliphatic rings. The molecule has 1 aromatic heterocycles. The van der Waals surface area contributed by atoms with Gasteiger partial charge < -0.3 is 5.11 Å². The monoisotopic (exact) mass is 221 g/mol. The van der Waals surface area contributed by atoms with Crippen molar-refractivity contribution >= 4 is 12.2 Å². The molecule has 0 spiro atoms. The Morgan fingerprint density at radius 3 is 2.80 bits per heavy atom. The van der Waals surface area contributed by atoms with E-state index in [1.807, 2.05) is 19.1 Å². The van der Waals surface area contributed by atoms with Crippen molar-refractivity contribution in [1.29, 1.82) is 0 Å². The summed E-state index contributed by atoms with van der Waals surface area (Å²) < 4.78 is 2.10. The summed E-state index contributed by atoms with van der Waals surface area (Å²) in [5.74, 6) is 0.786. The molecule has 2 aromatic rings. The number of phenolic OH excluding ortho intramolecular Hbond substituents is 1. The molecule has 2 rings (SSSR count). The third-order valence-corrected chi connectivity index (χ3v) is 2.54. The number of hydrogen-bond acceptors (Lipinski definition) is 3. The fourth-order valence-electron chi connectivity index (χ4n) is 1.36. The van der Waals surface area contributed by atoms with Crippen LogP contribution < -0.4 is 0 Å². The lowest BCUT2D eigenvalue weighted by Gasteiger charge is -2.01. The predicted octanol–water partition coefficient (Wildman–Crippen LogP) is 2.16. The molecule has 0 amide bonds. The third-order valence-electron chi connectivity index (χ3n) is 2.18. The van der Waals surface area contributed by atoms with E-state index >= 15 is 0 Å². The van der Waals surface area contributed by atoms with Gasteiger partial charge in [0, 0.05) is 7.05 Å². The Kier molecular flexibility index (Phi) is 2.32. The molecule has 0 unspecified atom stereocenters. The van der Waals surface area contributed by atoms with E-state index in [1.165, 1.54) is 0 Å². The Bertz CT molecular complexity index is 556. The number of H-pyrrole nitrogens is 1. The second-order valence-electron chi connectivity index (χ2n) is 3.43. The fourth-order valence-corrected chi connectivity index (χ4v) is 1.50. The number of nitrogens with zero attached hydrogens (tertiary/aromatic N) is 2. The van der Waals surface area contributed by atoms with E-state index < -0.39 is 0 Å². The Labute approximate surface area is 92.2 Å². The first kappa shape index (κ1) is 9.92. The average molecular weight is 221 g/mol. The molecule has 15 heavy (non-hydrogen) atoms. The van der Waals surface area contributed by atoms with Crippen LogP contribution >= 0.6 is 12.2 Å². The van der Waals surface area contributed by atoms with Gasteiger partial charge in [-0.1, -0.05) is 11.6 Å². The number of hydrogen-bond donors (Lipinski definition) is 2. The first-order chi connectivity index (χ1) is 7.08. The van der Waals surface area contributed by atoms with Crippen LogP contribution in [-0.2, 0) is 7.05 Å². The molecule has 5 heteroatoms. The van der Waals surface area contributed by atoms with Crippen molar-refractivity contribution in [3.05, 3.63) is 28.5 Å². The normalized spacial score (nSPS) is 10.5. The highest BCUT2D eigenvalue weighted by atomic mass is 32.1. The second-order valence-corrected chi connectivity index (χ2v) is 3.80. The van der Waals surface area contributed by atoms with E-state index in [-0.39, 0.29) is 5.75 Å². The van der Waals surface area contributed by atoms with Crippen molar-refractivity contribution in [2.24, 2.45) is 7.05 Å². The molecule has 1 aromatic carbocycles. The van der Waals surface area contributed by atoms with Gasteiger partial charge in [0.25, 0.3) is 0 Å². The van der Waals surface area contributed by atoms with E-state index in [2.05, 4.69) is 10.1 Å². The quantitative estimate of drug-likeness (QED) is 0.725. The lowest BCUT2D eigenvalue weighted by molar-refractivity contribution is 0.476. The maximum atomic E-state index is 9.69. The molecule has 0 saturated heterocycles. The predicted molar refractivity (Wildman–Crippen MR) is 60.2 cm³/mol. The highest BCUT2D eigenvalue weighted by molar-refractivity contribution is 7.71. The summed E-state index contributed by atoms with van der Waals surface area (Å²) in [7, 11) is 1.78. The molecule has 0 saturated carbocycles. The van der Waals surface area contributed by atoms with Gasteiger partial charge in [0.1, 0.15) is 5.75 Å². The Balaban J connectivity index is 2.63. The molecule has 0 aliphatic carbocycles. The molecule has 0 atom stereocenters. The molecule has 4 nitrogen and oxygen atoms in total. The van der Waals surface area contributed by atoms with Crippen LogP contribution in [0, 0.1) is 11.7 Å². The first-order valence-corrected chi connectivity index (χ1v) is 4.92. The van der Waals surface area contributed by atoms with Crippen molar-refractivity contribution in [3.8, 4) is 17.1 Å². The number of phenols is 1. The van der Waals surface area contributed by atoms with E-state index in [1.54, 1.807) is 17.8 Å². The summed E-state index contributed by atoms with van der Waals surface area (Å²) in [6.07, 6.45) is 0. The molecule has 2 N–H and O–H groups in total. The summed E-state index contributed by atoms with van der Waals surface area (Å²) in [5.41, 5.74) is 1.73. The summed E-state index contributed by atoms with van der Waals surface area (Å²) >= 11 is 4.99. The molecular weight excluding hydrogens is 210 g/mol. The number of benzene rings is 1. The van der Waals surface area contributed by atoms with Gasteiger partial charge in [0.05, 0.1) is 5.56 Å². The van der Waals surface area contributed by atoms with Crippen LogP contribution in [0.4, 0.5) is 0 Å². The zero-order valence-electron chi connectivity index (χ0n) is 8.48. The lowest BCUT2D eigenvalue weighted by Crippen LogP contribution is -1.90. The van der Waals surface area contributed by atoms with Gasteiger partial charge in [-0.2, -0.15) is 4.98 Å². The number of aromatic nitrogens is 3. The summed E-state index contributed by atoms with van der Waals surface area (Å²) in [6, 6.07) is 5.36. The summed E-state index contributed by atoms with van der Waals surface area (Å²) in [6.45, 7) is 1.96. The number of aromatic hydroxyl groups is 1. The highest BCUT2D eigenvalue weighted by Gasteiger charge is 2.08. The Morgan fingerprint density at radius 1 is 1.47 bits per heavy atom. The van der Waals surface area contributed by atoms with Crippen molar-refractivity contribution < 1.29 is 5.11 Å². The fraction of sp³-hybridized carbons (Fsp3) is 0.200. The minimum Gasteiger partial charge on any atom is -0.507 e. The van der Waals surface area contributed by atoms with E-state index in [0.717, 1.165) is 5.56 Å². The van der Waals surface area contributed by atoms with Crippen molar-refractivity contribution in [1.82, 2.24) is 14.8 Å². The van der Waals surface area contributed by atoms with Gasteiger partial charge in [-0.15, -0.1) is 0 Å². The highest BCUT2D eigenvalue weighted by Crippen LogP contribution is 2.26. The number of aryl methyl sites for hydroxylation is 2. The topological polar surface area (TPSA) is 53.8 Å². The van der Waals surface area contributed by atoms with Gasteiger partial charge in [-0.3, -0.25) is 9.78 Å². The maximum absolute atomic E-state index is 9.69. The standard InChI is InChI=1S/C10H11N3OS/c1-6-3-4-8(14)7(5-6)9-11-10(15)13(2)12-9/h3-5,14H,1-2H3,(H,11,12,15). The van der Waals surface area contributed by atoms with Crippen LogP contribution in [-0.4, -0.2) is 19.9 Å². The van der Waals surface area contributed by atoms with Crippen molar-refractivity contribution in [3.63, 3.8) is 0 Å². The number of nitrogens with one attached hydrogen (secondary N) is 1. The van der Waals surface area contributed by atoms with E-state index in [9.17, 15) is 5.11 Å². The van der Waals surface area contributed by atoms with Crippen LogP contribution in [0.5, 0.6) is 5.75 Å². The molecular formula is C10H11N3OS. The minimum absolute atomic E-state index is 0.199. The average Bonchev–Trinajstić information content (AvgIpc) is 2.51. The molecule has 0 radical (unpaired) electrons. The zero-order valence-corrected chi connectivity index (χ0v) is 9.30. The Hall–Kier alpha value is -1.62. The van der Waals surface area contributed by atoms with E-state index in [0.29, 0.717) is 16.2 Å². The van der Waals surface area contributed by atoms with Crippen molar-refractivity contribution in [2.75, 3.05) is 0 Å². The first-order valence-electron chi connectivity index (χ1n) is 4.51. The summed E-state index contributed by atoms with van der Waals surface area (Å²) in [4.78, 5) is 4.14.